The normalized spacial score (nSPS) is 16.0. The molecule has 0 saturated heterocycles. The van der Waals surface area contributed by atoms with Gasteiger partial charge in [-0.2, -0.15) is 0 Å². The summed E-state index contributed by atoms with van der Waals surface area (Å²) >= 11 is 5.82. The number of halogens is 1. The SMILES string of the molecule is OC(CNCCC1=CCCC1)COCc1ccc(Cl)cc1. The molecule has 1 aromatic rings. The van der Waals surface area contributed by atoms with Crippen LogP contribution >= 0.6 is 11.6 Å². The maximum absolute atomic E-state index is 9.84. The van der Waals surface area contributed by atoms with Gasteiger partial charge in [-0.1, -0.05) is 35.4 Å². The van der Waals surface area contributed by atoms with E-state index >= 15 is 0 Å². The summed E-state index contributed by atoms with van der Waals surface area (Å²) in [7, 11) is 0. The van der Waals surface area contributed by atoms with Gasteiger partial charge in [0.25, 0.3) is 0 Å². The Morgan fingerprint density at radius 3 is 2.81 bits per heavy atom. The lowest BCUT2D eigenvalue weighted by molar-refractivity contribution is 0.0290. The highest BCUT2D eigenvalue weighted by atomic mass is 35.5. The van der Waals surface area contributed by atoms with E-state index in [4.69, 9.17) is 16.3 Å². The molecule has 0 aliphatic heterocycles. The number of nitrogens with one attached hydrogen (secondary N) is 1. The molecule has 0 heterocycles. The molecule has 0 amide bonds. The minimum absolute atomic E-state index is 0.346. The first kappa shape index (κ1) is 16.5. The number of aliphatic hydroxyl groups is 1. The largest absolute Gasteiger partial charge is 0.389 e. The molecule has 0 bridgehead atoms. The maximum Gasteiger partial charge on any atom is 0.0897 e. The van der Waals surface area contributed by atoms with Gasteiger partial charge in [0.15, 0.2) is 0 Å². The first-order chi connectivity index (χ1) is 10.2. The maximum atomic E-state index is 9.84. The highest BCUT2D eigenvalue weighted by Gasteiger charge is 2.06. The number of ether oxygens (including phenoxy) is 1. The van der Waals surface area contributed by atoms with Crippen LogP contribution in [0.2, 0.25) is 5.02 Å². The van der Waals surface area contributed by atoms with Crippen molar-refractivity contribution in [2.24, 2.45) is 0 Å². The van der Waals surface area contributed by atoms with Gasteiger partial charge < -0.3 is 15.2 Å². The lowest BCUT2D eigenvalue weighted by Crippen LogP contribution is -2.31. The highest BCUT2D eigenvalue weighted by molar-refractivity contribution is 6.30. The van der Waals surface area contributed by atoms with Crippen LogP contribution in [-0.2, 0) is 11.3 Å². The Morgan fingerprint density at radius 2 is 2.10 bits per heavy atom. The zero-order valence-corrected chi connectivity index (χ0v) is 13.1. The number of hydrogen-bond acceptors (Lipinski definition) is 3. The fourth-order valence-corrected chi connectivity index (χ4v) is 2.56. The van der Waals surface area contributed by atoms with Crippen LogP contribution in [0.5, 0.6) is 0 Å². The number of aliphatic hydroxyl groups excluding tert-OH is 1. The Morgan fingerprint density at radius 1 is 1.29 bits per heavy atom. The Labute approximate surface area is 132 Å². The van der Waals surface area contributed by atoms with Crippen LogP contribution in [-0.4, -0.2) is 30.9 Å². The standard InChI is InChI=1S/C17H24ClNO2/c18-16-7-5-15(6-8-16)12-21-13-17(20)11-19-10-9-14-3-1-2-4-14/h3,5-8,17,19-20H,1-2,4,9-13H2. The summed E-state index contributed by atoms with van der Waals surface area (Å²) in [5, 5.41) is 13.8. The van der Waals surface area contributed by atoms with E-state index < -0.39 is 6.10 Å². The molecule has 116 valence electrons. The molecule has 0 spiro atoms. The minimum Gasteiger partial charge on any atom is -0.389 e. The minimum atomic E-state index is -0.463. The van der Waals surface area contributed by atoms with E-state index in [1.807, 2.05) is 24.3 Å². The second kappa shape index (κ2) is 9.21. The van der Waals surface area contributed by atoms with E-state index in [-0.39, 0.29) is 0 Å². The molecule has 1 aliphatic carbocycles. The molecule has 3 nitrogen and oxygen atoms in total. The third-order valence-electron chi connectivity index (χ3n) is 3.63. The van der Waals surface area contributed by atoms with Gasteiger partial charge in [0.2, 0.25) is 0 Å². The average Bonchev–Trinajstić information content (AvgIpc) is 2.99. The first-order valence-corrected chi connectivity index (χ1v) is 8.01. The predicted octanol–water partition coefficient (Wildman–Crippen LogP) is 3.31. The Balaban J connectivity index is 1.51. The average molecular weight is 310 g/mol. The van der Waals surface area contributed by atoms with Gasteiger partial charge in [-0.05, 0) is 49.9 Å². The van der Waals surface area contributed by atoms with Crippen LogP contribution in [0.15, 0.2) is 35.9 Å². The molecule has 21 heavy (non-hydrogen) atoms. The van der Waals surface area contributed by atoms with E-state index in [1.165, 1.54) is 19.3 Å². The summed E-state index contributed by atoms with van der Waals surface area (Å²) in [5.74, 6) is 0. The molecule has 1 unspecified atom stereocenters. The van der Waals surface area contributed by atoms with Crippen molar-refractivity contribution in [3.05, 3.63) is 46.5 Å². The topological polar surface area (TPSA) is 41.5 Å². The van der Waals surface area contributed by atoms with E-state index in [2.05, 4.69) is 11.4 Å². The number of benzene rings is 1. The summed E-state index contributed by atoms with van der Waals surface area (Å²) in [4.78, 5) is 0. The van der Waals surface area contributed by atoms with Crippen molar-refractivity contribution < 1.29 is 9.84 Å². The highest BCUT2D eigenvalue weighted by Crippen LogP contribution is 2.19. The Hall–Kier alpha value is -0.870. The van der Waals surface area contributed by atoms with Crippen molar-refractivity contribution in [3.8, 4) is 0 Å². The lowest BCUT2D eigenvalue weighted by Gasteiger charge is -2.12. The van der Waals surface area contributed by atoms with Gasteiger partial charge >= 0.3 is 0 Å². The van der Waals surface area contributed by atoms with Crippen molar-refractivity contribution >= 4 is 11.6 Å². The molecular weight excluding hydrogens is 286 g/mol. The molecule has 0 radical (unpaired) electrons. The molecule has 0 saturated carbocycles. The zero-order valence-electron chi connectivity index (χ0n) is 12.4. The van der Waals surface area contributed by atoms with Crippen LogP contribution in [0.25, 0.3) is 0 Å². The second-order valence-electron chi connectivity index (χ2n) is 5.50. The van der Waals surface area contributed by atoms with Crippen LogP contribution in [0.4, 0.5) is 0 Å². The molecule has 4 heteroatoms. The van der Waals surface area contributed by atoms with Gasteiger partial charge in [-0.15, -0.1) is 0 Å². The molecule has 1 atom stereocenters. The van der Waals surface area contributed by atoms with Gasteiger partial charge in [0, 0.05) is 11.6 Å². The summed E-state index contributed by atoms with van der Waals surface area (Å²) in [6.45, 7) is 2.35. The zero-order chi connectivity index (χ0) is 14.9. The second-order valence-corrected chi connectivity index (χ2v) is 5.94. The van der Waals surface area contributed by atoms with E-state index in [0.29, 0.717) is 19.8 Å². The van der Waals surface area contributed by atoms with Crippen molar-refractivity contribution in [3.63, 3.8) is 0 Å². The number of allylic oxidation sites excluding steroid dienone is 1. The van der Waals surface area contributed by atoms with E-state index in [0.717, 1.165) is 23.6 Å². The number of hydrogen-bond donors (Lipinski definition) is 2. The van der Waals surface area contributed by atoms with Gasteiger partial charge in [-0.3, -0.25) is 0 Å². The van der Waals surface area contributed by atoms with Crippen LogP contribution in [0.1, 0.15) is 31.2 Å². The molecule has 0 fully saturated rings. The van der Waals surface area contributed by atoms with Crippen molar-refractivity contribution in [1.82, 2.24) is 5.32 Å². The fraction of sp³-hybridized carbons (Fsp3) is 0.529. The quantitative estimate of drug-likeness (QED) is 0.543. The van der Waals surface area contributed by atoms with Crippen molar-refractivity contribution in [1.29, 1.82) is 0 Å². The van der Waals surface area contributed by atoms with E-state index in [1.54, 1.807) is 5.57 Å². The van der Waals surface area contributed by atoms with Crippen LogP contribution < -0.4 is 5.32 Å². The molecule has 0 aromatic heterocycles. The third-order valence-corrected chi connectivity index (χ3v) is 3.88. The molecule has 1 aliphatic rings. The molecule has 2 N–H and O–H groups in total. The molecular formula is C17H24ClNO2. The third kappa shape index (κ3) is 6.62. The van der Waals surface area contributed by atoms with E-state index in [9.17, 15) is 5.11 Å². The van der Waals surface area contributed by atoms with Crippen molar-refractivity contribution in [2.75, 3.05) is 19.7 Å². The Kier molecular flexibility index (Phi) is 7.24. The van der Waals surface area contributed by atoms with Crippen LogP contribution in [0, 0.1) is 0 Å². The summed E-state index contributed by atoms with van der Waals surface area (Å²) in [6.07, 6.45) is 6.75. The number of rotatable bonds is 9. The monoisotopic (exact) mass is 309 g/mol. The smallest absolute Gasteiger partial charge is 0.0897 e. The predicted molar refractivity (Wildman–Crippen MR) is 86.5 cm³/mol. The first-order valence-electron chi connectivity index (χ1n) is 7.63. The van der Waals surface area contributed by atoms with Gasteiger partial charge in [0.1, 0.15) is 0 Å². The summed E-state index contributed by atoms with van der Waals surface area (Å²) < 4.78 is 5.51. The molecule has 2 rings (SSSR count). The molecule has 1 aromatic carbocycles. The van der Waals surface area contributed by atoms with Gasteiger partial charge in [-0.25, -0.2) is 0 Å². The van der Waals surface area contributed by atoms with Gasteiger partial charge in [0.05, 0.1) is 19.3 Å². The summed E-state index contributed by atoms with van der Waals surface area (Å²) in [6, 6.07) is 7.55. The van der Waals surface area contributed by atoms with Crippen molar-refractivity contribution in [2.45, 2.75) is 38.4 Å². The lowest BCUT2D eigenvalue weighted by atomic mass is 10.2. The van der Waals surface area contributed by atoms with Crippen LogP contribution in [0.3, 0.4) is 0 Å². The Bertz CT molecular complexity index is 445. The summed E-state index contributed by atoms with van der Waals surface area (Å²) in [5.41, 5.74) is 2.61. The fourth-order valence-electron chi connectivity index (χ4n) is 2.43.